The van der Waals surface area contributed by atoms with Crippen LogP contribution in [-0.2, 0) is 4.79 Å². The highest BCUT2D eigenvalue weighted by Gasteiger charge is 2.33. The number of benzene rings is 1. The summed E-state index contributed by atoms with van der Waals surface area (Å²) >= 11 is 6.12. The molecule has 8 heteroatoms. The second-order valence-corrected chi connectivity index (χ2v) is 6.20. The molecule has 1 heterocycles. The number of carbonyl (C=O) groups excluding carboxylic acids is 3. The minimum atomic E-state index is -0.486. The number of rotatable bonds is 3. The molecule has 1 aliphatic rings. The Morgan fingerprint density at radius 1 is 1.29 bits per heavy atom. The summed E-state index contributed by atoms with van der Waals surface area (Å²) in [6, 6.07) is 3.81. The van der Waals surface area contributed by atoms with Crippen LogP contribution < -0.4 is 10.6 Å². The SMILES string of the molecule is CNC(=O)[C@@H]1CCCN1C(=O)Nc1cc(C(=O)N(C)C)ccc1Cl. The first-order valence-electron chi connectivity index (χ1n) is 7.65. The number of hydrogen-bond acceptors (Lipinski definition) is 3. The van der Waals surface area contributed by atoms with E-state index in [-0.39, 0.29) is 11.8 Å². The van der Waals surface area contributed by atoms with Gasteiger partial charge in [-0.1, -0.05) is 11.6 Å². The van der Waals surface area contributed by atoms with Gasteiger partial charge < -0.3 is 20.4 Å². The predicted octanol–water partition coefficient (Wildman–Crippen LogP) is 1.78. The summed E-state index contributed by atoms with van der Waals surface area (Å²) in [6.07, 6.45) is 1.39. The molecule has 1 aromatic rings. The van der Waals surface area contributed by atoms with Crippen LogP contribution in [0.5, 0.6) is 0 Å². The highest BCUT2D eigenvalue weighted by atomic mass is 35.5. The van der Waals surface area contributed by atoms with Gasteiger partial charge in [-0.2, -0.15) is 0 Å². The Kier molecular flexibility index (Phi) is 5.66. The van der Waals surface area contributed by atoms with Crippen molar-refractivity contribution in [3.05, 3.63) is 28.8 Å². The van der Waals surface area contributed by atoms with Crippen LogP contribution in [0.1, 0.15) is 23.2 Å². The average molecular weight is 353 g/mol. The first-order valence-corrected chi connectivity index (χ1v) is 8.03. The van der Waals surface area contributed by atoms with Crippen LogP contribution in [0.15, 0.2) is 18.2 Å². The maximum absolute atomic E-state index is 12.5. The maximum atomic E-state index is 12.5. The van der Waals surface area contributed by atoms with Gasteiger partial charge in [-0.05, 0) is 31.0 Å². The van der Waals surface area contributed by atoms with Crippen molar-refractivity contribution in [1.82, 2.24) is 15.1 Å². The summed E-state index contributed by atoms with van der Waals surface area (Å²) in [6.45, 7) is 0.498. The number of hydrogen-bond donors (Lipinski definition) is 2. The summed E-state index contributed by atoms with van der Waals surface area (Å²) < 4.78 is 0. The molecule has 0 spiro atoms. The van der Waals surface area contributed by atoms with E-state index in [0.717, 1.165) is 6.42 Å². The number of likely N-dealkylation sites (N-methyl/N-ethyl adjacent to an activating group) is 1. The molecule has 0 bridgehead atoms. The Morgan fingerprint density at radius 3 is 2.62 bits per heavy atom. The van der Waals surface area contributed by atoms with Gasteiger partial charge in [-0.3, -0.25) is 9.59 Å². The van der Waals surface area contributed by atoms with Crippen LogP contribution in [0.2, 0.25) is 5.02 Å². The molecule has 130 valence electrons. The normalized spacial score (nSPS) is 16.7. The molecule has 24 heavy (non-hydrogen) atoms. The van der Waals surface area contributed by atoms with Crippen molar-refractivity contribution in [1.29, 1.82) is 0 Å². The monoisotopic (exact) mass is 352 g/mol. The lowest BCUT2D eigenvalue weighted by Crippen LogP contribution is -2.46. The third-order valence-corrected chi connectivity index (χ3v) is 4.25. The standard InChI is InChI=1S/C16H21ClN4O3/c1-18-14(22)13-5-4-8-21(13)16(24)19-12-9-10(6-7-11(12)17)15(23)20(2)3/h6-7,9,13H,4-5,8H2,1-3H3,(H,18,22)(H,19,24)/t13-/m0/s1. The minimum Gasteiger partial charge on any atom is -0.357 e. The molecule has 7 nitrogen and oxygen atoms in total. The number of halogens is 1. The van der Waals surface area contributed by atoms with Gasteiger partial charge in [0.2, 0.25) is 5.91 Å². The zero-order valence-corrected chi connectivity index (χ0v) is 14.7. The van der Waals surface area contributed by atoms with E-state index in [9.17, 15) is 14.4 Å². The Morgan fingerprint density at radius 2 is 2.00 bits per heavy atom. The zero-order chi connectivity index (χ0) is 17.9. The van der Waals surface area contributed by atoms with E-state index in [1.807, 2.05) is 0 Å². The second-order valence-electron chi connectivity index (χ2n) is 5.79. The molecule has 0 unspecified atom stereocenters. The van der Waals surface area contributed by atoms with Crippen LogP contribution in [-0.4, -0.2) is 61.4 Å². The molecule has 1 aromatic carbocycles. The number of carbonyl (C=O) groups is 3. The van der Waals surface area contributed by atoms with Crippen LogP contribution in [0.3, 0.4) is 0 Å². The minimum absolute atomic E-state index is 0.188. The summed E-state index contributed by atoms with van der Waals surface area (Å²) in [4.78, 5) is 39.3. The van der Waals surface area contributed by atoms with Crippen molar-refractivity contribution >= 4 is 35.1 Å². The Balaban J connectivity index is 2.18. The Labute approximate surface area is 145 Å². The quantitative estimate of drug-likeness (QED) is 0.870. The zero-order valence-electron chi connectivity index (χ0n) is 13.9. The van der Waals surface area contributed by atoms with Crippen molar-refractivity contribution < 1.29 is 14.4 Å². The van der Waals surface area contributed by atoms with Gasteiger partial charge in [-0.15, -0.1) is 0 Å². The second kappa shape index (κ2) is 7.53. The lowest BCUT2D eigenvalue weighted by atomic mass is 10.2. The van der Waals surface area contributed by atoms with E-state index in [2.05, 4.69) is 10.6 Å². The molecule has 1 saturated heterocycles. The molecule has 1 atom stereocenters. The van der Waals surface area contributed by atoms with E-state index in [1.165, 1.54) is 15.9 Å². The number of urea groups is 1. The molecule has 0 saturated carbocycles. The Hall–Kier alpha value is -2.28. The van der Waals surface area contributed by atoms with E-state index in [4.69, 9.17) is 11.6 Å². The Bertz CT molecular complexity index is 663. The number of likely N-dealkylation sites (tertiary alicyclic amines) is 1. The number of nitrogens with zero attached hydrogens (tertiary/aromatic N) is 2. The van der Waals surface area contributed by atoms with Gasteiger partial charge in [0, 0.05) is 33.3 Å². The van der Waals surface area contributed by atoms with Gasteiger partial charge >= 0.3 is 6.03 Å². The van der Waals surface area contributed by atoms with E-state index in [0.29, 0.717) is 29.2 Å². The molecule has 4 amide bonds. The molecule has 2 rings (SSSR count). The number of anilines is 1. The number of nitrogens with one attached hydrogen (secondary N) is 2. The van der Waals surface area contributed by atoms with Gasteiger partial charge in [0.15, 0.2) is 0 Å². The van der Waals surface area contributed by atoms with Crippen LogP contribution in [0.4, 0.5) is 10.5 Å². The van der Waals surface area contributed by atoms with Crippen molar-refractivity contribution in [2.45, 2.75) is 18.9 Å². The van der Waals surface area contributed by atoms with Crippen LogP contribution in [0.25, 0.3) is 0 Å². The number of amides is 4. The topological polar surface area (TPSA) is 81.8 Å². The van der Waals surface area contributed by atoms with Crippen molar-refractivity contribution in [2.75, 3.05) is 33.0 Å². The highest BCUT2D eigenvalue weighted by molar-refractivity contribution is 6.33. The van der Waals surface area contributed by atoms with Crippen LogP contribution in [0, 0.1) is 0 Å². The molecule has 0 aliphatic carbocycles. The van der Waals surface area contributed by atoms with E-state index < -0.39 is 12.1 Å². The largest absolute Gasteiger partial charge is 0.357 e. The molecule has 0 aromatic heterocycles. The van der Waals surface area contributed by atoms with Crippen LogP contribution >= 0.6 is 11.6 Å². The maximum Gasteiger partial charge on any atom is 0.322 e. The lowest BCUT2D eigenvalue weighted by Gasteiger charge is -2.24. The first kappa shape index (κ1) is 18.1. The van der Waals surface area contributed by atoms with Crippen molar-refractivity contribution in [3.63, 3.8) is 0 Å². The average Bonchev–Trinajstić information content (AvgIpc) is 3.05. The van der Waals surface area contributed by atoms with Gasteiger partial charge in [-0.25, -0.2) is 4.79 Å². The lowest BCUT2D eigenvalue weighted by molar-refractivity contribution is -0.124. The predicted molar refractivity (Wildman–Crippen MR) is 92.3 cm³/mol. The van der Waals surface area contributed by atoms with Gasteiger partial charge in [0.05, 0.1) is 10.7 Å². The highest BCUT2D eigenvalue weighted by Crippen LogP contribution is 2.25. The van der Waals surface area contributed by atoms with E-state index in [1.54, 1.807) is 33.3 Å². The summed E-state index contributed by atoms with van der Waals surface area (Å²) in [5, 5.41) is 5.59. The fraction of sp³-hybridized carbons (Fsp3) is 0.438. The molecule has 1 aliphatic heterocycles. The molecule has 2 N–H and O–H groups in total. The third-order valence-electron chi connectivity index (χ3n) is 3.92. The summed E-state index contributed by atoms with van der Waals surface area (Å²) in [5.41, 5.74) is 0.765. The molecular formula is C16H21ClN4O3. The molecule has 0 radical (unpaired) electrons. The third kappa shape index (κ3) is 3.79. The smallest absolute Gasteiger partial charge is 0.322 e. The van der Waals surface area contributed by atoms with Gasteiger partial charge in [0.1, 0.15) is 6.04 Å². The van der Waals surface area contributed by atoms with E-state index >= 15 is 0 Å². The summed E-state index contributed by atoms with van der Waals surface area (Å²) in [5.74, 6) is -0.378. The molecular weight excluding hydrogens is 332 g/mol. The summed E-state index contributed by atoms with van der Waals surface area (Å²) in [7, 11) is 4.84. The van der Waals surface area contributed by atoms with Crippen molar-refractivity contribution in [3.8, 4) is 0 Å². The first-order chi connectivity index (χ1) is 11.3. The fourth-order valence-corrected chi connectivity index (χ4v) is 2.81. The van der Waals surface area contributed by atoms with Gasteiger partial charge in [0.25, 0.3) is 5.91 Å². The van der Waals surface area contributed by atoms with Crippen molar-refractivity contribution in [2.24, 2.45) is 0 Å². The molecule has 1 fully saturated rings. The fourth-order valence-electron chi connectivity index (χ4n) is 2.65.